The second kappa shape index (κ2) is 4.67. The number of nitro benzene ring substituents is 1. The van der Waals surface area contributed by atoms with Crippen molar-refractivity contribution in [3.05, 3.63) is 46.1 Å². The molecule has 2 rings (SSSR count). The molecule has 1 aromatic carbocycles. The van der Waals surface area contributed by atoms with Gasteiger partial charge in [-0.3, -0.25) is 15.1 Å². The SMILES string of the molecule is CC(Cl)Cc1ccc([N+](=O)[O-])c2cccnc12. The molecule has 4 nitrogen and oxygen atoms in total. The van der Waals surface area contributed by atoms with Gasteiger partial charge in [-0.15, -0.1) is 11.6 Å². The molecule has 0 aliphatic carbocycles. The number of fused-ring (bicyclic) bond motifs is 1. The minimum Gasteiger partial charge on any atom is -0.258 e. The minimum atomic E-state index is -0.391. The van der Waals surface area contributed by atoms with Crippen molar-refractivity contribution in [1.82, 2.24) is 4.98 Å². The van der Waals surface area contributed by atoms with Crippen LogP contribution in [0.25, 0.3) is 10.9 Å². The first-order valence-electron chi connectivity index (χ1n) is 5.24. The molecule has 0 radical (unpaired) electrons. The molecule has 88 valence electrons. The second-order valence-electron chi connectivity index (χ2n) is 3.89. The molecule has 0 fully saturated rings. The van der Waals surface area contributed by atoms with Gasteiger partial charge in [0, 0.05) is 17.6 Å². The number of nitrogens with zero attached hydrogens (tertiary/aromatic N) is 2. The van der Waals surface area contributed by atoms with Gasteiger partial charge < -0.3 is 0 Å². The van der Waals surface area contributed by atoms with Crippen LogP contribution in [0.1, 0.15) is 12.5 Å². The van der Waals surface area contributed by atoms with E-state index in [9.17, 15) is 10.1 Å². The third-order valence-electron chi connectivity index (χ3n) is 2.53. The van der Waals surface area contributed by atoms with Crippen molar-refractivity contribution in [2.75, 3.05) is 0 Å². The molecule has 0 aliphatic heterocycles. The summed E-state index contributed by atoms with van der Waals surface area (Å²) in [5.74, 6) is 0. The van der Waals surface area contributed by atoms with Gasteiger partial charge in [0.05, 0.1) is 15.8 Å². The van der Waals surface area contributed by atoms with Crippen LogP contribution in [0.15, 0.2) is 30.5 Å². The lowest BCUT2D eigenvalue weighted by atomic mass is 10.0. The molecule has 0 N–H and O–H groups in total. The highest BCUT2D eigenvalue weighted by Gasteiger charge is 2.15. The number of rotatable bonds is 3. The normalized spacial score (nSPS) is 12.6. The number of nitro groups is 1. The Morgan fingerprint density at radius 1 is 1.47 bits per heavy atom. The van der Waals surface area contributed by atoms with Gasteiger partial charge in [-0.05, 0) is 37.1 Å². The average Bonchev–Trinajstić information content (AvgIpc) is 2.28. The quantitative estimate of drug-likeness (QED) is 0.477. The molecule has 17 heavy (non-hydrogen) atoms. The van der Waals surface area contributed by atoms with Crippen LogP contribution in [-0.2, 0) is 6.42 Å². The molecule has 0 saturated carbocycles. The summed E-state index contributed by atoms with van der Waals surface area (Å²) >= 11 is 5.95. The van der Waals surface area contributed by atoms with Gasteiger partial charge in [0.25, 0.3) is 5.69 Å². The average molecular weight is 251 g/mol. The van der Waals surface area contributed by atoms with Crippen molar-refractivity contribution in [3.8, 4) is 0 Å². The van der Waals surface area contributed by atoms with Crippen LogP contribution in [0.4, 0.5) is 5.69 Å². The maximum Gasteiger partial charge on any atom is 0.278 e. The predicted molar refractivity (Wildman–Crippen MR) is 67.4 cm³/mol. The van der Waals surface area contributed by atoms with Crippen LogP contribution in [0.5, 0.6) is 0 Å². The Labute approximate surface area is 103 Å². The zero-order valence-corrected chi connectivity index (χ0v) is 10.0. The van der Waals surface area contributed by atoms with Gasteiger partial charge in [-0.25, -0.2) is 0 Å². The Bertz CT molecular complexity index is 569. The third kappa shape index (κ3) is 2.36. The van der Waals surface area contributed by atoms with Crippen molar-refractivity contribution in [2.45, 2.75) is 18.7 Å². The highest BCUT2D eigenvalue weighted by atomic mass is 35.5. The molecule has 1 heterocycles. The number of hydrogen-bond acceptors (Lipinski definition) is 3. The van der Waals surface area contributed by atoms with Gasteiger partial charge in [-0.2, -0.15) is 0 Å². The van der Waals surface area contributed by atoms with Crippen molar-refractivity contribution in [3.63, 3.8) is 0 Å². The largest absolute Gasteiger partial charge is 0.278 e. The lowest BCUT2D eigenvalue weighted by Crippen LogP contribution is -2.00. The van der Waals surface area contributed by atoms with Gasteiger partial charge in [0.15, 0.2) is 0 Å². The van der Waals surface area contributed by atoms with Crippen LogP contribution in [-0.4, -0.2) is 15.3 Å². The Morgan fingerprint density at radius 3 is 2.88 bits per heavy atom. The number of benzene rings is 1. The monoisotopic (exact) mass is 250 g/mol. The molecule has 2 aromatic rings. The summed E-state index contributed by atoms with van der Waals surface area (Å²) in [4.78, 5) is 14.7. The molecule has 0 saturated heterocycles. The fraction of sp³-hybridized carbons (Fsp3) is 0.250. The zero-order valence-electron chi connectivity index (χ0n) is 9.26. The summed E-state index contributed by atoms with van der Waals surface area (Å²) < 4.78 is 0. The van der Waals surface area contributed by atoms with Crippen molar-refractivity contribution >= 4 is 28.2 Å². The maximum absolute atomic E-state index is 10.9. The topological polar surface area (TPSA) is 56.0 Å². The summed E-state index contributed by atoms with van der Waals surface area (Å²) in [7, 11) is 0. The van der Waals surface area contributed by atoms with Crippen LogP contribution in [0.2, 0.25) is 0 Å². The predicted octanol–water partition coefficient (Wildman–Crippen LogP) is 3.31. The van der Waals surface area contributed by atoms with E-state index in [1.807, 2.05) is 6.92 Å². The van der Waals surface area contributed by atoms with Crippen LogP contribution in [0, 0.1) is 10.1 Å². The van der Waals surface area contributed by atoms with E-state index in [1.54, 1.807) is 24.4 Å². The Balaban J connectivity index is 2.66. The van der Waals surface area contributed by atoms with E-state index < -0.39 is 4.92 Å². The molecule has 1 unspecified atom stereocenters. The van der Waals surface area contributed by atoms with E-state index in [-0.39, 0.29) is 11.1 Å². The van der Waals surface area contributed by atoms with Crippen molar-refractivity contribution in [2.24, 2.45) is 0 Å². The van der Waals surface area contributed by atoms with Crippen molar-refractivity contribution in [1.29, 1.82) is 0 Å². The first kappa shape index (κ1) is 11.8. The number of hydrogen-bond donors (Lipinski definition) is 0. The second-order valence-corrected chi connectivity index (χ2v) is 4.63. The maximum atomic E-state index is 10.9. The Morgan fingerprint density at radius 2 is 2.24 bits per heavy atom. The van der Waals surface area contributed by atoms with E-state index in [1.165, 1.54) is 6.07 Å². The van der Waals surface area contributed by atoms with Gasteiger partial charge in [0.1, 0.15) is 0 Å². The summed E-state index contributed by atoms with van der Waals surface area (Å²) in [6.07, 6.45) is 2.28. The highest BCUT2D eigenvalue weighted by molar-refractivity contribution is 6.20. The molecule has 1 atom stereocenters. The standard InChI is InChI=1S/C12H11ClN2O2/c1-8(13)7-9-4-5-11(15(16)17)10-3-2-6-14-12(9)10/h2-6,8H,7H2,1H3. The molecule has 5 heteroatoms. The number of pyridine rings is 1. The van der Waals surface area contributed by atoms with Gasteiger partial charge >= 0.3 is 0 Å². The van der Waals surface area contributed by atoms with E-state index in [4.69, 9.17) is 11.6 Å². The molecule has 0 spiro atoms. The van der Waals surface area contributed by atoms with Gasteiger partial charge in [-0.1, -0.05) is 0 Å². The molecule has 0 amide bonds. The fourth-order valence-corrected chi connectivity index (χ4v) is 2.01. The van der Waals surface area contributed by atoms with Gasteiger partial charge in [0.2, 0.25) is 0 Å². The van der Waals surface area contributed by atoms with Crippen LogP contribution >= 0.6 is 11.6 Å². The third-order valence-corrected chi connectivity index (χ3v) is 2.68. The lowest BCUT2D eigenvalue weighted by molar-refractivity contribution is -0.383. The molecule has 1 aromatic heterocycles. The Kier molecular flexibility index (Phi) is 3.24. The van der Waals surface area contributed by atoms with E-state index in [0.29, 0.717) is 17.3 Å². The highest BCUT2D eigenvalue weighted by Crippen LogP contribution is 2.27. The van der Waals surface area contributed by atoms with Crippen molar-refractivity contribution < 1.29 is 4.92 Å². The number of non-ortho nitro benzene ring substituents is 1. The zero-order chi connectivity index (χ0) is 12.4. The number of alkyl halides is 1. The minimum absolute atomic E-state index is 0.0262. The van der Waals surface area contributed by atoms with Crippen LogP contribution < -0.4 is 0 Å². The summed E-state index contributed by atoms with van der Waals surface area (Å²) in [5, 5.41) is 11.4. The first-order chi connectivity index (χ1) is 8.09. The molecular formula is C12H11ClN2O2. The summed E-state index contributed by atoms with van der Waals surface area (Å²) in [6, 6.07) is 6.65. The smallest absolute Gasteiger partial charge is 0.258 e. The molecular weight excluding hydrogens is 240 g/mol. The van der Waals surface area contributed by atoms with E-state index in [0.717, 1.165) is 5.56 Å². The fourth-order valence-electron chi connectivity index (χ4n) is 1.84. The lowest BCUT2D eigenvalue weighted by Gasteiger charge is -2.07. The first-order valence-corrected chi connectivity index (χ1v) is 5.68. The summed E-state index contributed by atoms with van der Waals surface area (Å²) in [6.45, 7) is 1.89. The Hall–Kier alpha value is -1.68. The van der Waals surface area contributed by atoms with E-state index in [2.05, 4.69) is 4.98 Å². The number of aromatic nitrogens is 1. The summed E-state index contributed by atoms with van der Waals surface area (Å²) in [5.41, 5.74) is 1.68. The molecule has 0 aliphatic rings. The molecule has 0 bridgehead atoms. The van der Waals surface area contributed by atoms with Crippen LogP contribution in [0.3, 0.4) is 0 Å². The number of halogens is 1. The van der Waals surface area contributed by atoms with E-state index >= 15 is 0 Å².